The lowest BCUT2D eigenvalue weighted by Crippen LogP contribution is -2.12. The third-order valence-corrected chi connectivity index (χ3v) is 5.93. The van der Waals surface area contributed by atoms with Gasteiger partial charge in [-0.05, 0) is 42.1 Å². The van der Waals surface area contributed by atoms with Gasteiger partial charge in [0.1, 0.15) is 6.61 Å². The van der Waals surface area contributed by atoms with Gasteiger partial charge < -0.3 is 14.8 Å². The summed E-state index contributed by atoms with van der Waals surface area (Å²) in [4.78, 5) is 1.32. The Labute approximate surface area is 177 Å². The molecule has 0 saturated carbocycles. The molecule has 0 bridgehead atoms. The maximum atomic E-state index is 6.22. The van der Waals surface area contributed by atoms with Crippen molar-refractivity contribution in [2.45, 2.75) is 26.6 Å². The van der Waals surface area contributed by atoms with Gasteiger partial charge in [0.25, 0.3) is 0 Å². The Morgan fingerprint density at radius 1 is 1.00 bits per heavy atom. The maximum Gasteiger partial charge on any atom is 0.162 e. The highest BCUT2D eigenvalue weighted by Gasteiger charge is 2.12. The fourth-order valence-corrected chi connectivity index (χ4v) is 3.93. The van der Waals surface area contributed by atoms with Crippen LogP contribution < -0.4 is 14.8 Å². The topological polar surface area (TPSA) is 30.5 Å². The Morgan fingerprint density at radius 2 is 1.81 bits per heavy atom. The van der Waals surface area contributed by atoms with Gasteiger partial charge in [0, 0.05) is 33.0 Å². The highest BCUT2D eigenvalue weighted by molar-refractivity contribution is 9.10. The van der Waals surface area contributed by atoms with Crippen molar-refractivity contribution in [2.75, 3.05) is 6.61 Å². The van der Waals surface area contributed by atoms with Gasteiger partial charge in [-0.2, -0.15) is 0 Å². The fraction of sp³-hybridized carbons (Fsp3) is 0.238. The van der Waals surface area contributed by atoms with Crippen molar-refractivity contribution in [1.29, 1.82) is 0 Å². The molecular formula is C21H21BrClNO2S. The summed E-state index contributed by atoms with van der Waals surface area (Å²) >= 11 is 11.6. The van der Waals surface area contributed by atoms with E-state index in [0.717, 1.165) is 34.4 Å². The number of hydrogen-bond acceptors (Lipinski definition) is 4. The van der Waals surface area contributed by atoms with E-state index >= 15 is 0 Å². The van der Waals surface area contributed by atoms with Gasteiger partial charge in [-0.1, -0.05) is 51.8 Å². The van der Waals surface area contributed by atoms with E-state index in [9.17, 15) is 0 Å². The monoisotopic (exact) mass is 465 g/mol. The highest BCUT2D eigenvalue weighted by Crippen LogP contribution is 2.35. The van der Waals surface area contributed by atoms with Gasteiger partial charge in [-0.3, -0.25) is 0 Å². The summed E-state index contributed by atoms with van der Waals surface area (Å²) in [6.45, 7) is 4.52. The molecule has 0 atom stereocenters. The van der Waals surface area contributed by atoms with Crippen molar-refractivity contribution in [3.05, 3.63) is 79.4 Å². The number of hydrogen-bond donors (Lipinski definition) is 1. The summed E-state index contributed by atoms with van der Waals surface area (Å²) in [5.41, 5.74) is 2.07. The van der Waals surface area contributed by atoms with Crippen molar-refractivity contribution >= 4 is 38.9 Å². The van der Waals surface area contributed by atoms with E-state index in [2.05, 4.69) is 38.8 Å². The van der Waals surface area contributed by atoms with Crippen LogP contribution in [0.2, 0.25) is 5.02 Å². The molecule has 0 aliphatic carbocycles. The quantitative estimate of drug-likeness (QED) is 0.394. The van der Waals surface area contributed by atoms with Crippen LogP contribution in [0.25, 0.3) is 0 Å². The predicted octanol–water partition coefficient (Wildman–Crippen LogP) is 6.43. The third-order valence-electron chi connectivity index (χ3n) is 3.95. The first kappa shape index (κ1) is 20.2. The second kappa shape index (κ2) is 10.1. The lowest BCUT2D eigenvalue weighted by molar-refractivity contribution is 0.269. The van der Waals surface area contributed by atoms with Crippen molar-refractivity contribution in [1.82, 2.24) is 5.32 Å². The van der Waals surface area contributed by atoms with Crippen LogP contribution in [0.3, 0.4) is 0 Å². The van der Waals surface area contributed by atoms with E-state index in [0.29, 0.717) is 24.0 Å². The van der Waals surface area contributed by atoms with Crippen molar-refractivity contribution < 1.29 is 9.47 Å². The van der Waals surface area contributed by atoms with E-state index in [1.165, 1.54) is 4.88 Å². The molecule has 1 heterocycles. The molecule has 1 aromatic heterocycles. The Bertz CT molecular complexity index is 871. The van der Waals surface area contributed by atoms with Crippen LogP contribution in [0, 0.1) is 0 Å². The molecule has 1 N–H and O–H groups in total. The Kier molecular flexibility index (Phi) is 7.59. The Balaban J connectivity index is 1.70. The molecule has 6 heteroatoms. The molecule has 27 heavy (non-hydrogen) atoms. The lowest BCUT2D eigenvalue weighted by atomic mass is 10.2. The van der Waals surface area contributed by atoms with Crippen LogP contribution in [-0.2, 0) is 19.7 Å². The second-order valence-electron chi connectivity index (χ2n) is 5.89. The zero-order chi connectivity index (χ0) is 19.1. The van der Waals surface area contributed by atoms with Crippen LogP contribution >= 0.6 is 38.9 Å². The number of ether oxygens (including phenoxy) is 2. The normalized spacial score (nSPS) is 10.8. The van der Waals surface area contributed by atoms with Gasteiger partial charge >= 0.3 is 0 Å². The summed E-state index contributed by atoms with van der Waals surface area (Å²) in [5, 5.41) is 6.25. The third kappa shape index (κ3) is 5.72. The number of thiophene rings is 1. The number of halogens is 2. The lowest BCUT2D eigenvalue weighted by Gasteiger charge is -2.16. The molecule has 2 aromatic carbocycles. The van der Waals surface area contributed by atoms with Crippen molar-refractivity contribution in [3.63, 3.8) is 0 Å². The zero-order valence-corrected chi connectivity index (χ0v) is 18.2. The standard InChI is InChI=1S/C21H21BrClNO2S/c1-2-25-20-10-16(12-24-13-17-7-5-9-27-17)18(22)11-21(20)26-14-15-6-3-4-8-19(15)23/h3-11,24H,2,12-14H2,1H3. The minimum atomic E-state index is 0.391. The molecular weight excluding hydrogens is 446 g/mol. The second-order valence-corrected chi connectivity index (χ2v) is 8.18. The molecule has 3 aromatic rings. The molecule has 3 rings (SSSR count). The summed E-state index contributed by atoms with van der Waals surface area (Å²) in [6.07, 6.45) is 0. The van der Waals surface area contributed by atoms with E-state index in [1.54, 1.807) is 11.3 Å². The molecule has 0 aliphatic rings. The average molecular weight is 467 g/mol. The largest absolute Gasteiger partial charge is 0.490 e. The van der Waals surface area contributed by atoms with Crippen LogP contribution in [0.4, 0.5) is 0 Å². The predicted molar refractivity (Wildman–Crippen MR) is 116 cm³/mol. The van der Waals surface area contributed by atoms with E-state index in [1.807, 2.05) is 43.3 Å². The molecule has 0 saturated heterocycles. The van der Waals surface area contributed by atoms with Gasteiger partial charge in [0.05, 0.1) is 6.61 Å². The fourth-order valence-electron chi connectivity index (χ4n) is 2.60. The van der Waals surface area contributed by atoms with Crippen LogP contribution in [0.1, 0.15) is 22.9 Å². The number of benzene rings is 2. The van der Waals surface area contributed by atoms with E-state index in [-0.39, 0.29) is 0 Å². The molecule has 142 valence electrons. The van der Waals surface area contributed by atoms with Crippen molar-refractivity contribution in [3.8, 4) is 11.5 Å². The first-order chi connectivity index (χ1) is 13.2. The summed E-state index contributed by atoms with van der Waals surface area (Å²) in [6, 6.07) is 15.9. The van der Waals surface area contributed by atoms with E-state index < -0.39 is 0 Å². The van der Waals surface area contributed by atoms with Gasteiger partial charge in [-0.25, -0.2) is 0 Å². The summed E-state index contributed by atoms with van der Waals surface area (Å²) in [5.74, 6) is 1.44. The SMILES string of the molecule is CCOc1cc(CNCc2cccs2)c(Br)cc1OCc1ccccc1Cl. The zero-order valence-electron chi connectivity index (χ0n) is 15.0. The minimum absolute atomic E-state index is 0.391. The summed E-state index contributed by atoms with van der Waals surface area (Å²) in [7, 11) is 0. The molecule has 0 amide bonds. The molecule has 0 aliphatic heterocycles. The Morgan fingerprint density at radius 3 is 2.56 bits per heavy atom. The van der Waals surface area contributed by atoms with Crippen LogP contribution in [0.5, 0.6) is 11.5 Å². The Hall–Kier alpha value is -1.53. The molecule has 0 spiro atoms. The van der Waals surface area contributed by atoms with Crippen LogP contribution in [0.15, 0.2) is 58.4 Å². The molecule has 3 nitrogen and oxygen atoms in total. The number of nitrogens with one attached hydrogen (secondary N) is 1. The van der Waals surface area contributed by atoms with Crippen molar-refractivity contribution in [2.24, 2.45) is 0 Å². The molecule has 0 fully saturated rings. The molecule has 0 radical (unpaired) electrons. The number of rotatable bonds is 9. The maximum absolute atomic E-state index is 6.22. The van der Waals surface area contributed by atoms with Crippen LogP contribution in [-0.4, -0.2) is 6.61 Å². The average Bonchev–Trinajstić information content (AvgIpc) is 3.17. The molecule has 0 unspecified atom stereocenters. The minimum Gasteiger partial charge on any atom is -0.490 e. The first-order valence-electron chi connectivity index (χ1n) is 8.72. The highest BCUT2D eigenvalue weighted by atomic mass is 79.9. The summed E-state index contributed by atoms with van der Waals surface area (Å²) < 4.78 is 12.8. The van der Waals surface area contributed by atoms with Gasteiger partial charge in [0.2, 0.25) is 0 Å². The van der Waals surface area contributed by atoms with E-state index in [4.69, 9.17) is 21.1 Å². The first-order valence-corrected chi connectivity index (χ1v) is 10.8. The van der Waals surface area contributed by atoms with Gasteiger partial charge in [0.15, 0.2) is 11.5 Å². The van der Waals surface area contributed by atoms with Gasteiger partial charge in [-0.15, -0.1) is 11.3 Å². The smallest absolute Gasteiger partial charge is 0.162 e.